The maximum Gasteiger partial charge on any atom is 0.123 e. The Bertz CT molecular complexity index is 376. The largest absolute Gasteiger partial charge is 0.489 e. The van der Waals surface area contributed by atoms with Gasteiger partial charge in [0.05, 0.1) is 0 Å². The molecule has 2 nitrogen and oxygen atoms in total. The van der Waals surface area contributed by atoms with Gasteiger partial charge >= 0.3 is 0 Å². The van der Waals surface area contributed by atoms with Crippen molar-refractivity contribution in [1.29, 1.82) is 0 Å². The van der Waals surface area contributed by atoms with Crippen molar-refractivity contribution in [3.8, 4) is 5.75 Å². The van der Waals surface area contributed by atoms with Crippen LogP contribution in [0.5, 0.6) is 5.75 Å². The van der Waals surface area contributed by atoms with E-state index in [1.165, 1.54) is 12.0 Å². The first-order valence-corrected chi connectivity index (χ1v) is 6.71. The van der Waals surface area contributed by atoms with Gasteiger partial charge in [-0.1, -0.05) is 25.4 Å². The number of hydrogen-bond donors (Lipinski definition) is 1. The van der Waals surface area contributed by atoms with Crippen molar-refractivity contribution in [2.75, 3.05) is 13.1 Å². The van der Waals surface area contributed by atoms with Crippen molar-refractivity contribution >= 4 is 24.0 Å². The van der Waals surface area contributed by atoms with Crippen LogP contribution in [0.15, 0.2) is 18.2 Å². The zero-order valence-corrected chi connectivity index (χ0v) is 12.5. The van der Waals surface area contributed by atoms with E-state index < -0.39 is 0 Å². The van der Waals surface area contributed by atoms with E-state index in [0.29, 0.717) is 12.0 Å². The predicted molar refractivity (Wildman–Crippen MR) is 79.3 cm³/mol. The second kappa shape index (κ2) is 7.22. The van der Waals surface area contributed by atoms with Gasteiger partial charge in [0.15, 0.2) is 0 Å². The Morgan fingerprint density at radius 1 is 1.39 bits per heavy atom. The Kier molecular flexibility index (Phi) is 6.27. The molecular formula is C14H21Cl2NO. The average Bonchev–Trinajstić information content (AvgIpc) is 2.32. The van der Waals surface area contributed by atoms with E-state index in [2.05, 4.69) is 19.2 Å². The monoisotopic (exact) mass is 289 g/mol. The zero-order valence-electron chi connectivity index (χ0n) is 10.9. The molecule has 1 atom stereocenters. The highest BCUT2D eigenvalue weighted by Gasteiger charge is 2.17. The summed E-state index contributed by atoms with van der Waals surface area (Å²) in [5.41, 5.74) is 1.20. The molecule has 1 heterocycles. The van der Waals surface area contributed by atoms with Crippen LogP contribution < -0.4 is 10.1 Å². The van der Waals surface area contributed by atoms with Gasteiger partial charge in [0.25, 0.3) is 0 Å². The van der Waals surface area contributed by atoms with Crippen molar-refractivity contribution in [1.82, 2.24) is 5.32 Å². The third kappa shape index (κ3) is 4.04. The Morgan fingerprint density at radius 3 is 2.78 bits per heavy atom. The first-order valence-electron chi connectivity index (χ1n) is 6.33. The Morgan fingerprint density at radius 2 is 2.17 bits per heavy atom. The molecule has 1 aliphatic heterocycles. The molecule has 0 amide bonds. The number of ether oxygens (including phenoxy) is 1. The number of benzene rings is 1. The quantitative estimate of drug-likeness (QED) is 0.908. The summed E-state index contributed by atoms with van der Waals surface area (Å²) in [6, 6.07) is 5.91. The standard InChI is InChI=1S/C14H20ClNO.ClH/c1-10(2)13-8-11(15)5-6-14(13)17-12-4-3-7-16-9-12;/h5-6,8,10,12,16H,3-4,7,9H2,1-2H3;1H. The fourth-order valence-electron chi connectivity index (χ4n) is 2.18. The summed E-state index contributed by atoms with van der Waals surface area (Å²) < 4.78 is 6.08. The molecule has 1 fully saturated rings. The van der Waals surface area contributed by atoms with Gasteiger partial charge in [-0.3, -0.25) is 0 Å². The van der Waals surface area contributed by atoms with E-state index in [1.54, 1.807) is 0 Å². The molecule has 0 saturated carbocycles. The van der Waals surface area contributed by atoms with E-state index in [-0.39, 0.29) is 12.4 Å². The Labute approximate surface area is 120 Å². The van der Waals surface area contributed by atoms with Crippen LogP contribution in [-0.2, 0) is 0 Å². The van der Waals surface area contributed by atoms with Crippen LogP contribution in [0.3, 0.4) is 0 Å². The van der Waals surface area contributed by atoms with Gasteiger partial charge in [-0.15, -0.1) is 12.4 Å². The van der Waals surface area contributed by atoms with Gasteiger partial charge in [-0.2, -0.15) is 0 Å². The number of halogens is 2. The van der Waals surface area contributed by atoms with E-state index in [1.807, 2.05) is 18.2 Å². The lowest BCUT2D eigenvalue weighted by atomic mass is 10.0. The third-order valence-corrected chi connectivity index (χ3v) is 3.37. The zero-order chi connectivity index (χ0) is 12.3. The lowest BCUT2D eigenvalue weighted by Crippen LogP contribution is -2.37. The molecule has 0 aromatic heterocycles. The molecule has 0 radical (unpaired) electrons. The lowest BCUT2D eigenvalue weighted by Gasteiger charge is -2.25. The molecule has 1 aromatic rings. The van der Waals surface area contributed by atoms with Crippen LogP contribution in [0.4, 0.5) is 0 Å². The normalized spacial score (nSPS) is 19.4. The summed E-state index contributed by atoms with van der Waals surface area (Å²) in [5, 5.41) is 4.14. The SMILES string of the molecule is CC(C)c1cc(Cl)ccc1OC1CCCNC1.Cl. The molecule has 102 valence electrons. The minimum atomic E-state index is 0. The van der Waals surface area contributed by atoms with E-state index >= 15 is 0 Å². The van der Waals surface area contributed by atoms with Crippen LogP contribution >= 0.6 is 24.0 Å². The van der Waals surface area contributed by atoms with Crippen LogP contribution in [0.1, 0.15) is 38.2 Å². The molecule has 2 rings (SSSR count). The van der Waals surface area contributed by atoms with Gasteiger partial charge in [0, 0.05) is 11.6 Å². The first kappa shape index (κ1) is 15.6. The molecule has 1 saturated heterocycles. The average molecular weight is 290 g/mol. The van der Waals surface area contributed by atoms with Crippen molar-refractivity contribution in [2.45, 2.75) is 38.7 Å². The Balaban J connectivity index is 0.00000162. The number of hydrogen-bond acceptors (Lipinski definition) is 2. The molecule has 1 unspecified atom stereocenters. The van der Waals surface area contributed by atoms with E-state index in [9.17, 15) is 0 Å². The highest BCUT2D eigenvalue weighted by molar-refractivity contribution is 6.30. The highest BCUT2D eigenvalue weighted by atomic mass is 35.5. The second-order valence-corrected chi connectivity index (χ2v) is 5.36. The van der Waals surface area contributed by atoms with Gasteiger partial charge in [-0.05, 0) is 49.1 Å². The summed E-state index contributed by atoms with van der Waals surface area (Å²) in [6.45, 7) is 6.38. The van der Waals surface area contributed by atoms with Gasteiger partial charge in [-0.25, -0.2) is 0 Å². The molecule has 18 heavy (non-hydrogen) atoms. The molecule has 0 bridgehead atoms. The van der Waals surface area contributed by atoms with Gasteiger partial charge in [0.1, 0.15) is 11.9 Å². The molecular weight excluding hydrogens is 269 g/mol. The van der Waals surface area contributed by atoms with Crippen LogP contribution in [0.25, 0.3) is 0 Å². The van der Waals surface area contributed by atoms with Crippen molar-refractivity contribution in [3.05, 3.63) is 28.8 Å². The Hall–Kier alpha value is -0.440. The fraction of sp³-hybridized carbons (Fsp3) is 0.571. The highest BCUT2D eigenvalue weighted by Crippen LogP contribution is 2.30. The van der Waals surface area contributed by atoms with Crippen LogP contribution in [-0.4, -0.2) is 19.2 Å². The number of rotatable bonds is 3. The van der Waals surface area contributed by atoms with Gasteiger partial charge < -0.3 is 10.1 Å². The van der Waals surface area contributed by atoms with E-state index in [4.69, 9.17) is 16.3 Å². The van der Waals surface area contributed by atoms with Crippen molar-refractivity contribution in [2.24, 2.45) is 0 Å². The molecule has 0 spiro atoms. The minimum Gasteiger partial charge on any atom is -0.489 e. The van der Waals surface area contributed by atoms with Crippen LogP contribution in [0, 0.1) is 0 Å². The number of piperidine rings is 1. The van der Waals surface area contributed by atoms with E-state index in [0.717, 1.165) is 30.3 Å². The maximum atomic E-state index is 6.08. The summed E-state index contributed by atoms with van der Waals surface area (Å²) in [5.74, 6) is 1.42. The summed E-state index contributed by atoms with van der Waals surface area (Å²) in [6.07, 6.45) is 2.62. The topological polar surface area (TPSA) is 21.3 Å². The molecule has 1 aromatic carbocycles. The van der Waals surface area contributed by atoms with Crippen molar-refractivity contribution < 1.29 is 4.74 Å². The summed E-state index contributed by atoms with van der Waals surface area (Å²) in [7, 11) is 0. The molecule has 4 heteroatoms. The maximum absolute atomic E-state index is 6.08. The smallest absolute Gasteiger partial charge is 0.123 e. The summed E-state index contributed by atoms with van der Waals surface area (Å²) in [4.78, 5) is 0. The molecule has 0 aliphatic carbocycles. The molecule has 1 aliphatic rings. The number of nitrogens with one attached hydrogen (secondary N) is 1. The molecule has 1 N–H and O–H groups in total. The van der Waals surface area contributed by atoms with Gasteiger partial charge in [0.2, 0.25) is 0 Å². The second-order valence-electron chi connectivity index (χ2n) is 4.92. The third-order valence-electron chi connectivity index (χ3n) is 3.14. The van der Waals surface area contributed by atoms with Crippen molar-refractivity contribution in [3.63, 3.8) is 0 Å². The minimum absolute atomic E-state index is 0. The lowest BCUT2D eigenvalue weighted by molar-refractivity contribution is 0.165. The predicted octanol–water partition coefficient (Wildman–Crippen LogP) is 4.02. The first-order chi connectivity index (χ1) is 8.16. The van der Waals surface area contributed by atoms with Crippen LogP contribution in [0.2, 0.25) is 5.02 Å². The summed E-state index contributed by atoms with van der Waals surface area (Å²) >= 11 is 6.04. The fourth-order valence-corrected chi connectivity index (χ4v) is 2.36.